The van der Waals surface area contributed by atoms with Crippen LogP contribution in [0.1, 0.15) is 26.2 Å². The van der Waals surface area contributed by atoms with E-state index >= 15 is 0 Å². The number of ether oxygens (including phenoxy) is 1. The van der Waals surface area contributed by atoms with Crippen LogP contribution in [0.4, 0.5) is 11.6 Å². The fourth-order valence-electron chi connectivity index (χ4n) is 1.44. The highest BCUT2D eigenvalue weighted by Crippen LogP contribution is 2.26. The van der Waals surface area contributed by atoms with Crippen LogP contribution in [0.15, 0.2) is 10.8 Å². The van der Waals surface area contributed by atoms with E-state index in [1.807, 2.05) is 0 Å². The SMILES string of the molecule is CCCNc1ncnc(NCCCCOC)c1Br. The first kappa shape index (κ1) is 15.2. The van der Waals surface area contributed by atoms with Crippen LogP contribution in [0.5, 0.6) is 0 Å². The summed E-state index contributed by atoms with van der Waals surface area (Å²) in [5.74, 6) is 1.67. The second-order valence-corrected chi connectivity index (χ2v) is 4.73. The molecule has 0 aliphatic carbocycles. The predicted molar refractivity (Wildman–Crippen MR) is 78.1 cm³/mol. The lowest BCUT2D eigenvalue weighted by atomic mass is 10.3. The lowest BCUT2D eigenvalue weighted by Crippen LogP contribution is -2.08. The molecular formula is C12H21BrN4O. The number of anilines is 2. The van der Waals surface area contributed by atoms with E-state index in [1.165, 1.54) is 0 Å². The molecule has 1 aromatic rings. The van der Waals surface area contributed by atoms with Gasteiger partial charge in [0.25, 0.3) is 0 Å². The summed E-state index contributed by atoms with van der Waals surface area (Å²) >= 11 is 3.52. The van der Waals surface area contributed by atoms with Crippen molar-refractivity contribution in [1.82, 2.24) is 9.97 Å². The van der Waals surface area contributed by atoms with Crippen LogP contribution in [0, 0.1) is 0 Å². The molecule has 102 valence electrons. The Kier molecular flexibility index (Phi) is 7.68. The fourth-order valence-corrected chi connectivity index (χ4v) is 1.92. The van der Waals surface area contributed by atoms with Crippen LogP contribution in [-0.2, 0) is 4.74 Å². The van der Waals surface area contributed by atoms with Crippen molar-refractivity contribution in [2.24, 2.45) is 0 Å². The summed E-state index contributed by atoms with van der Waals surface area (Å²) in [6.07, 6.45) is 4.74. The quantitative estimate of drug-likeness (QED) is 0.686. The average molecular weight is 317 g/mol. The molecule has 6 heteroatoms. The Bertz CT molecular complexity index is 349. The zero-order valence-corrected chi connectivity index (χ0v) is 12.6. The van der Waals surface area contributed by atoms with Gasteiger partial charge in [0.15, 0.2) is 0 Å². The van der Waals surface area contributed by atoms with E-state index in [1.54, 1.807) is 13.4 Å². The zero-order valence-electron chi connectivity index (χ0n) is 11.0. The van der Waals surface area contributed by atoms with Gasteiger partial charge < -0.3 is 15.4 Å². The smallest absolute Gasteiger partial charge is 0.145 e. The number of nitrogens with zero attached hydrogens (tertiary/aromatic N) is 2. The molecule has 0 saturated carbocycles. The summed E-state index contributed by atoms with van der Waals surface area (Å²) in [4.78, 5) is 8.43. The largest absolute Gasteiger partial charge is 0.385 e. The molecule has 0 aliphatic heterocycles. The maximum Gasteiger partial charge on any atom is 0.145 e. The number of aromatic nitrogens is 2. The van der Waals surface area contributed by atoms with Gasteiger partial charge in [-0.15, -0.1) is 0 Å². The van der Waals surface area contributed by atoms with Crippen molar-refractivity contribution < 1.29 is 4.74 Å². The van der Waals surface area contributed by atoms with Gasteiger partial charge in [-0.05, 0) is 35.2 Å². The number of rotatable bonds is 9. The summed E-state index contributed by atoms with van der Waals surface area (Å²) in [6, 6.07) is 0. The third-order valence-electron chi connectivity index (χ3n) is 2.40. The molecule has 0 unspecified atom stereocenters. The number of hydrogen-bond donors (Lipinski definition) is 2. The summed E-state index contributed by atoms with van der Waals surface area (Å²) < 4.78 is 5.90. The average Bonchev–Trinajstić information content (AvgIpc) is 2.39. The van der Waals surface area contributed by atoms with Crippen LogP contribution in [0.3, 0.4) is 0 Å². The minimum atomic E-state index is 0.802. The van der Waals surface area contributed by atoms with Crippen molar-refractivity contribution >= 4 is 27.6 Å². The maximum absolute atomic E-state index is 5.01. The molecule has 0 fully saturated rings. The van der Waals surface area contributed by atoms with Gasteiger partial charge in [0.1, 0.15) is 22.4 Å². The Morgan fingerprint density at radius 1 is 1.17 bits per heavy atom. The molecule has 0 radical (unpaired) electrons. The van der Waals surface area contributed by atoms with Gasteiger partial charge in [-0.1, -0.05) is 6.92 Å². The number of hydrogen-bond acceptors (Lipinski definition) is 5. The molecule has 18 heavy (non-hydrogen) atoms. The molecule has 5 nitrogen and oxygen atoms in total. The van der Waals surface area contributed by atoms with Crippen molar-refractivity contribution in [1.29, 1.82) is 0 Å². The number of unbranched alkanes of at least 4 members (excludes halogenated alkanes) is 1. The van der Waals surface area contributed by atoms with Crippen molar-refractivity contribution in [3.63, 3.8) is 0 Å². The summed E-state index contributed by atoms with van der Waals surface area (Å²) in [5.41, 5.74) is 0. The van der Waals surface area contributed by atoms with Gasteiger partial charge in [-0.2, -0.15) is 0 Å². The van der Waals surface area contributed by atoms with Gasteiger partial charge in [0.05, 0.1) is 0 Å². The molecule has 0 bridgehead atoms. The van der Waals surface area contributed by atoms with E-state index in [0.29, 0.717) is 0 Å². The standard InChI is InChI=1S/C12H21BrN4O/c1-3-6-14-11-10(13)12(17-9-16-11)15-7-4-5-8-18-2/h9H,3-8H2,1-2H3,(H2,14,15,16,17). The van der Waals surface area contributed by atoms with Gasteiger partial charge in [0.2, 0.25) is 0 Å². The Morgan fingerprint density at radius 3 is 2.44 bits per heavy atom. The molecule has 0 aromatic carbocycles. The van der Waals surface area contributed by atoms with Gasteiger partial charge >= 0.3 is 0 Å². The van der Waals surface area contributed by atoms with E-state index < -0.39 is 0 Å². The highest BCUT2D eigenvalue weighted by atomic mass is 79.9. The third kappa shape index (κ3) is 5.18. The topological polar surface area (TPSA) is 59.1 Å². The number of methoxy groups -OCH3 is 1. The molecule has 0 spiro atoms. The first-order valence-corrected chi connectivity index (χ1v) is 7.06. The molecule has 2 N–H and O–H groups in total. The third-order valence-corrected chi connectivity index (χ3v) is 3.15. The molecule has 1 heterocycles. The Hall–Kier alpha value is -0.880. The number of halogens is 1. The predicted octanol–water partition coefficient (Wildman–Crippen LogP) is 2.90. The van der Waals surface area contributed by atoms with Crippen molar-refractivity contribution in [3.8, 4) is 0 Å². The van der Waals surface area contributed by atoms with Crippen molar-refractivity contribution in [3.05, 3.63) is 10.8 Å². The normalized spacial score (nSPS) is 10.4. The maximum atomic E-state index is 5.01. The van der Waals surface area contributed by atoms with Gasteiger partial charge in [0, 0.05) is 26.8 Å². The monoisotopic (exact) mass is 316 g/mol. The molecule has 1 aromatic heterocycles. The van der Waals surface area contributed by atoms with Crippen molar-refractivity contribution in [2.75, 3.05) is 37.4 Å². The highest BCUT2D eigenvalue weighted by molar-refractivity contribution is 9.10. The zero-order chi connectivity index (χ0) is 13.2. The second kappa shape index (κ2) is 9.10. The van der Waals surface area contributed by atoms with E-state index in [4.69, 9.17) is 4.74 Å². The van der Waals surface area contributed by atoms with Gasteiger partial charge in [-0.25, -0.2) is 9.97 Å². The van der Waals surface area contributed by atoms with E-state index in [9.17, 15) is 0 Å². The van der Waals surface area contributed by atoms with Crippen LogP contribution < -0.4 is 10.6 Å². The van der Waals surface area contributed by atoms with Crippen LogP contribution in [0.25, 0.3) is 0 Å². The van der Waals surface area contributed by atoms with Crippen molar-refractivity contribution in [2.45, 2.75) is 26.2 Å². The molecule has 0 amide bonds. The molecule has 1 rings (SSSR count). The minimum Gasteiger partial charge on any atom is -0.385 e. The molecule has 0 atom stereocenters. The fraction of sp³-hybridized carbons (Fsp3) is 0.667. The Labute approximate surface area is 117 Å². The van der Waals surface area contributed by atoms with E-state index in [0.717, 1.165) is 55.1 Å². The first-order valence-electron chi connectivity index (χ1n) is 6.26. The highest BCUT2D eigenvalue weighted by Gasteiger charge is 2.07. The minimum absolute atomic E-state index is 0.802. The lowest BCUT2D eigenvalue weighted by molar-refractivity contribution is 0.194. The van der Waals surface area contributed by atoms with Crippen LogP contribution in [0.2, 0.25) is 0 Å². The lowest BCUT2D eigenvalue weighted by Gasteiger charge is -2.11. The second-order valence-electron chi connectivity index (χ2n) is 3.94. The Balaban J connectivity index is 2.44. The van der Waals surface area contributed by atoms with E-state index in [-0.39, 0.29) is 0 Å². The molecule has 0 saturated heterocycles. The van der Waals surface area contributed by atoms with Crippen LogP contribution >= 0.6 is 15.9 Å². The summed E-state index contributed by atoms with van der Waals surface area (Å²) in [5, 5.41) is 6.55. The first-order chi connectivity index (χ1) is 8.79. The summed E-state index contributed by atoms with van der Waals surface area (Å²) in [6.45, 7) is 4.71. The molecule has 0 aliphatic rings. The van der Waals surface area contributed by atoms with E-state index in [2.05, 4.69) is 43.5 Å². The Morgan fingerprint density at radius 2 is 1.83 bits per heavy atom. The van der Waals surface area contributed by atoms with Crippen LogP contribution in [-0.4, -0.2) is 36.8 Å². The number of nitrogens with one attached hydrogen (secondary N) is 2. The molecular weight excluding hydrogens is 296 g/mol. The van der Waals surface area contributed by atoms with Gasteiger partial charge in [-0.3, -0.25) is 0 Å². The summed E-state index contributed by atoms with van der Waals surface area (Å²) in [7, 11) is 1.72.